The summed E-state index contributed by atoms with van der Waals surface area (Å²) in [7, 11) is 1.81. The number of likely N-dealkylation sites (tertiary alicyclic amines) is 2. The Hall–Kier alpha value is -1.10. The summed E-state index contributed by atoms with van der Waals surface area (Å²) < 4.78 is 0. The zero-order valence-corrected chi connectivity index (χ0v) is 11.2. The number of carbonyl (C=O) groups excluding carboxylic acids is 2. The van der Waals surface area contributed by atoms with E-state index in [1.54, 1.807) is 11.9 Å². The van der Waals surface area contributed by atoms with Crippen molar-refractivity contribution < 1.29 is 9.59 Å². The summed E-state index contributed by atoms with van der Waals surface area (Å²) in [4.78, 5) is 27.4. The Balaban J connectivity index is 1.75. The van der Waals surface area contributed by atoms with Crippen molar-refractivity contribution in [1.29, 1.82) is 0 Å². The summed E-state index contributed by atoms with van der Waals surface area (Å²) in [5, 5.41) is 3.10. The van der Waals surface area contributed by atoms with Gasteiger partial charge in [-0.25, -0.2) is 0 Å². The maximum Gasteiger partial charge on any atom is 0.239 e. The molecular weight excluding hydrogens is 230 g/mol. The van der Waals surface area contributed by atoms with Crippen molar-refractivity contribution in [2.75, 3.05) is 33.2 Å². The third-order valence-electron chi connectivity index (χ3n) is 3.89. The van der Waals surface area contributed by atoms with Crippen LogP contribution in [0.3, 0.4) is 0 Å². The zero-order chi connectivity index (χ0) is 13.0. The van der Waals surface area contributed by atoms with Crippen LogP contribution in [0.1, 0.15) is 32.1 Å². The van der Waals surface area contributed by atoms with Crippen LogP contribution < -0.4 is 5.32 Å². The van der Waals surface area contributed by atoms with E-state index in [0.717, 1.165) is 38.9 Å². The van der Waals surface area contributed by atoms with E-state index in [9.17, 15) is 9.59 Å². The van der Waals surface area contributed by atoms with Crippen LogP contribution in [0.4, 0.5) is 0 Å². The summed E-state index contributed by atoms with van der Waals surface area (Å²) in [5.74, 6) is 0.248. The average molecular weight is 253 g/mol. The first kappa shape index (κ1) is 13.3. The molecule has 0 aromatic rings. The summed E-state index contributed by atoms with van der Waals surface area (Å²) in [6.45, 7) is 2.83. The van der Waals surface area contributed by atoms with Crippen molar-refractivity contribution in [3.63, 3.8) is 0 Å². The lowest BCUT2D eigenvalue weighted by atomic mass is 10.2. The van der Waals surface area contributed by atoms with Gasteiger partial charge < -0.3 is 9.80 Å². The maximum absolute atomic E-state index is 12.0. The van der Waals surface area contributed by atoms with Crippen LogP contribution in [0, 0.1) is 0 Å². The molecular formula is C13H23N3O2. The fraction of sp³-hybridized carbons (Fsp3) is 0.846. The molecule has 0 aromatic carbocycles. The molecule has 5 heteroatoms. The predicted octanol–water partition coefficient (Wildman–Crippen LogP) is 0.209. The van der Waals surface area contributed by atoms with Gasteiger partial charge in [-0.15, -0.1) is 0 Å². The minimum absolute atomic E-state index is 0.110. The summed E-state index contributed by atoms with van der Waals surface area (Å²) in [5.41, 5.74) is 0. The standard InChI is InChI=1S/C13H23N3O2/c1-15-9-6-11(13(15)18)14-10-12(17)16-7-4-2-3-5-8-16/h11,14H,2-10H2,1H3. The van der Waals surface area contributed by atoms with Crippen molar-refractivity contribution >= 4 is 11.8 Å². The zero-order valence-electron chi connectivity index (χ0n) is 11.2. The van der Waals surface area contributed by atoms with Gasteiger partial charge in [-0.1, -0.05) is 12.8 Å². The number of nitrogens with one attached hydrogen (secondary N) is 1. The molecule has 2 saturated heterocycles. The van der Waals surface area contributed by atoms with Gasteiger partial charge in [0, 0.05) is 26.7 Å². The lowest BCUT2D eigenvalue weighted by Crippen LogP contribution is -2.44. The molecule has 102 valence electrons. The maximum atomic E-state index is 12.0. The Morgan fingerprint density at radius 1 is 1.22 bits per heavy atom. The van der Waals surface area contributed by atoms with Crippen LogP contribution in [0.15, 0.2) is 0 Å². The Kier molecular flexibility index (Phi) is 4.58. The molecule has 0 radical (unpaired) electrons. The highest BCUT2D eigenvalue weighted by molar-refractivity contribution is 5.85. The lowest BCUT2D eigenvalue weighted by Gasteiger charge is -2.21. The molecule has 0 aromatic heterocycles. The van der Waals surface area contributed by atoms with Crippen molar-refractivity contribution in [2.45, 2.75) is 38.1 Å². The molecule has 1 atom stereocenters. The van der Waals surface area contributed by atoms with Gasteiger partial charge in [-0.3, -0.25) is 14.9 Å². The highest BCUT2D eigenvalue weighted by atomic mass is 16.2. The normalized spacial score (nSPS) is 25.4. The van der Waals surface area contributed by atoms with Crippen molar-refractivity contribution in [2.24, 2.45) is 0 Å². The first-order valence-electron chi connectivity index (χ1n) is 6.94. The number of carbonyl (C=O) groups is 2. The summed E-state index contributed by atoms with van der Waals surface area (Å²) in [6, 6.07) is -0.161. The van der Waals surface area contributed by atoms with Crippen LogP contribution in [0.5, 0.6) is 0 Å². The number of amides is 2. The van der Waals surface area contributed by atoms with Crippen molar-refractivity contribution in [3.05, 3.63) is 0 Å². The number of rotatable bonds is 3. The summed E-state index contributed by atoms with van der Waals surface area (Å²) in [6.07, 6.45) is 5.47. The number of nitrogens with zero attached hydrogens (tertiary/aromatic N) is 2. The largest absolute Gasteiger partial charge is 0.344 e. The molecule has 1 N–H and O–H groups in total. The van der Waals surface area contributed by atoms with Crippen molar-refractivity contribution in [1.82, 2.24) is 15.1 Å². The molecule has 2 aliphatic rings. The van der Waals surface area contributed by atoms with Gasteiger partial charge in [0.05, 0.1) is 12.6 Å². The SMILES string of the molecule is CN1CCC(NCC(=O)N2CCCCCC2)C1=O. The van der Waals surface area contributed by atoms with Gasteiger partial charge in [-0.2, -0.15) is 0 Å². The molecule has 0 bridgehead atoms. The highest BCUT2D eigenvalue weighted by Gasteiger charge is 2.29. The number of hydrogen-bond donors (Lipinski definition) is 1. The van der Waals surface area contributed by atoms with E-state index in [4.69, 9.17) is 0 Å². The van der Waals surface area contributed by atoms with E-state index in [-0.39, 0.29) is 17.9 Å². The molecule has 2 amide bonds. The molecule has 2 heterocycles. The minimum Gasteiger partial charge on any atom is -0.344 e. The smallest absolute Gasteiger partial charge is 0.239 e. The Labute approximate surface area is 108 Å². The Morgan fingerprint density at radius 3 is 2.44 bits per heavy atom. The van der Waals surface area contributed by atoms with E-state index in [2.05, 4.69) is 5.32 Å². The average Bonchev–Trinajstić information content (AvgIpc) is 2.63. The molecule has 2 aliphatic heterocycles. The quantitative estimate of drug-likeness (QED) is 0.782. The van der Waals surface area contributed by atoms with Crippen LogP contribution >= 0.6 is 0 Å². The first-order valence-corrected chi connectivity index (χ1v) is 6.94. The number of likely N-dealkylation sites (N-methyl/N-ethyl adjacent to an activating group) is 1. The van der Waals surface area contributed by atoms with Crippen LogP contribution in [-0.2, 0) is 9.59 Å². The van der Waals surface area contributed by atoms with E-state index < -0.39 is 0 Å². The third-order valence-corrected chi connectivity index (χ3v) is 3.89. The lowest BCUT2D eigenvalue weighted by molar-refractivity contribution is -0.131. The number of hydrogen-bond acceptors (Lipinski definition) is 3. The topological polar surface area (TPSA) is 52.7 Å². The molecule has 5 nitrogen and oxygen atoms in total. The fourth-order valence-corrected chi connectivity index (χ4v) is 2.65. The van der Waals surface area contributed by atoms with Gasteiger partial charge in [-0.05, 0) is 19.3 Å². The highest BCUT2D eigenvalue weighted by Crippen LogP contribution is 2.11. The minimum atomic E-state index is -0.161. The van der Waals surface area contributed by atoms with Crippen LogP contribution in [0.25, 0.3) is 0 Å². The van der Waals surface area contributed by atoms with Gasteiger partial charge >= 0.3 is 0 Å². The molecule has 2 rings (SSSR count). The molecule has 1 unspecified atom stereocenters. The molecule has 0 aliphatic carbocycles. The van der Waals surface area contributed by atoms with Gasteiger partial charge in [0.15, 0.2) is 0 Å². The second kappa shape index (κ2) is 6.18. The van der Waals surface area contributed by atoms with E-state index >= 15 is 0 Å². The van der Waals surface area contributed by atoms with Gasteiger partial charge in [0.25, 0.3) is 0 Å². The Morgan fingerprint density at radius 2 is 1.89 bits per heavy atom. The van der Waals surface area contributed by atoms with Crippen LogP contribution in [0.2, 0.25) is 0 Å². The van der Waals surface area contributed by atoms with Crippen molar-refractivity contribution in [3.8, 4) is 0 Å². The monoisotopic (exact) mass is 253 g/mol. The first-order chi connectivity index (χ1) is 8.68. The van der Waals surface area contributed by atoms with Crippen LogP contribution in [-0.4, -0.2) is 60.9 Å². The molecule has 0 spiro atoms. The molecule has 2 fully saturated rings. The second-order valence-corrected chi connectivity index (χ2v) is 5.28. The predicted molar refractivity (Wildman–Crippen MR) is 69.1 cm³/mol. The van der Waals surface area contributed by atoms with Gasteiger partial charge in [0.2, 0.25) is 11.8 Å². The van der Waals surface area contributed by atoms with E-state index in [1.165, 1.54) is 12.8 Å². The second-order valence-electron chi connectivity index (χ2n) is 5.28. The van der Waals surface area contributed by atoms with E-state index in [0.29, 0.717) is 6.54 Å². The fourth-order valence-electron chi connectivity index (χ4n) is 2.65. The third kappa shape index (κ3) is 3.22. The van der Waals surface area contributed by atoms with Gasteiger partial charge in [0.1, 0.15) is 0 Å². The Bertz CT molecular complexity index is 311. The molecule has 0 saturated carbocycles. The summed E-state index contributed by atoms with van der Waals surface area (Å²) >= 11 is 0. The van der Waals surface area contributed by atoms with E-state index in [1.807, 2.05) is 4.90 Å². The molecule has 18 heavy (non-hydrogen) atoms.